The first kappa shape index (κ1) is 12.4. The summed E-state index contributed by atoms with van der Waals surface area (Å²) < 4.78 is 6.68. The van der Waals surface area contributed by atoms with Gasteiger partial charge in [0.2, 0.25) is 0 Å². The molecule has 1 rings (SSSR count). The van der Waals surface area contributed by atoms with Gasteiger partial charge in [-0.15, -0.1) is 0 Å². The molecule has 0 aromatic heterocycles. The van der Waals surface area contributed by atoms with Gasteiger partial charge in [0.1, 0.15) is 0 Å². The van der Waals surface area contributed by atoms with Crippen molar-refractivity contribution in [3.05, 3.63) is 29.5 Å². The third-order valence-corrected chi connectivity index (χ3v) is 2.80. The Labute approximate surface area is 98.8 Å². The number of anilines is 2. The zero-order valence-corrected chi connectivity index (χ0v) is 12.0. The van der Waals surface area contributed by atoms with Crippen molar-refractivity contribution in [1.29, 1.82) is 0 Å². The summed E-state index contributed by atoms with van der Waals surface area (Å²) in [5, 5.41) is 12.0. The molecular weight excluding hydrogens is 333 g/mol. The van der Waals surface area contributed by atoms with E-state index in [1.54, 1.807) is 16.6 Å². The normalized spacial score (nSPS) is 10.3. The molecule has 0 radical (unpaired) electrons. The van der Waals surface area contributed by atoms with Gasteiger partial charge in [0, 0.05) is 0 Å². The molecule has 0 N–H and O–H groups in total. The third-order valence-electron chi connectivity index (χ3n) is 1.49. The van der Waals surface area contributed by atoms with E-state index in [1.807, 2.05) is 17.1 Å². The fourth-order valence-electron chi connectivity index (χ4n) is 0.937. The molecule has 0 heterocycles. The van der Waals surface area contributed by atoms with E-state index in [4.69, 9.17) is 3.17 Å². The molecule has 2 atom stereocenters. The van der Waals surface area contributed by atoms with Crippen LogP contribution in [0.1, 0.15) is 0 Å². The number of nitrogens with zero attached hydrogens (tertiary/aromatic N) is 2. The Bertz CT molecular complexity index is 301. The van der Waals surface area contributed by atoms with E-state index in [0.29, 0.717) is 10.9 Å². The molecule has 14 heavy (non-hydrogen) atoms. The predicted molar refractivity (Wildman–Crippen MR) is 61.2 cm³/mol. The Morgan fingerprint density at radius 1 is 1.29 bits per heavy atom. The summed E-state index contributed by atoms with van der Waals surface area (Å²) in [4.78, 5) is 1.88. The molecule has 0 saturated heterocycles. The van der Waals surface area contributed by atoms with E-state index in [0.717, 1.165) is 5.69 Å². The second kappa shape index (κ2) is 6.03. The van der Waals surface area contributed by atoms with Crippen LogP contribution < -0.4 is 31.3 Å². The number of hydrogen-bond donors (Lipinski definition) is 0. The van der Waals surface area contributed by atoms with Crippen molar-refractivity contribution >= 4 is 30.2 Å². The number of rotatable bonds is 4. The first-order valence-electron chi connectivity index (χ1n) is 3.69. The maximum atomic E-state index is 11.4. The van der Waals surface area contributed by atoms with Crippen LogP contribution in [0.5, 0.6) is 0 Å². The van der Waals surface area contributed by atoms with Gasteiger partial charge in [-0.25, -0.2) is 0 Å². The van der Waals surface area contributed by atoms with E-state index in [2.05, 4.69) is 18.8 Å². The van der Waals surface area contributed by atoms with Crippen LogP contribution in [0.3, 0.4) is 0 Å². The summed E-state index contributed by atoms with van der Waals surface area (Å²) in [6, 6.07) is 7.25. The number of halogens is 1. The van der Waals surface area contributed by atoms with Crippen molar-refractivity contribution in [3.63, 3.8) is 0 Å². The van der Waals surface area contributed by atoms with E-state index >= 15 is 0 Å². The van der Waals surface area contributed by atoms with Gasteiger partial charge in [0.05, 0.1) is 0 Å². The van der Waals surface area contributed by atoms with Crippen LogP contribution in [0.15, 0.2) is 24.3 Å². The fourth-order valence-corrected chi connectivity index (χ4v) is 1.94. The molecule has 4 nitrogen and oxygen atoms in total. The molecular formula is C7H11IN2O2P2-2. The minimum atomic E-state index is -0.510. The standard InChI is InChI=1S/C7H11IN2O2P2/c1-8-12-9(11)6-4-2-3-5-7(6)10(13)14/h2-5H,13-14H2,1H3/q-2. The molecule has 1 aromatic rings. The zero-order chi connectivity index (χ0) is 10.6. The summed E-state index contributed by atoms with van der Waals surface area (Å²) >= 11 is -0.510. The average molecular weight is 344 g/mol. The van der Waals surface area contributed by atoms with Crippen molar-refractivity contribution in [2.75, 3.05) is 14.6 Å². The summed E-state index contributed by atoms with van der Waals surface area (Å²) in [5.41, 5.74) is 1.30. The van der Waals surface area contributed by atoms with Gasteiger partial charge >= 0.3 is 99.0 Å². The summed E-state index contributed by atoms with van der Waals surface area (Å²) in [5.74, 6) is 0. The van der Waals surface area contributed by atoms with E-state index in [9.17, 15) is 5.21 Å². The molecule has 7 heteroatoms. The number of hydrogen-bond acceptors (Lipinski definition) is 4. The van der Waals surface area contributed by atoms with Gasteiger partial charge in [0.25, 0.3) is 0 Å². The van der Waals surface area contributed by atoms with Crippen LogP contribution in [0.2, 0.25) is 0 Å². The van der Waals surface area contributed by atoms with Crippen molar-refractivity contribution < 1.29 is 24.8 Å². The monoisotopic (exact) mass is 344 g/mol. The van der Waals surface area contributed by atoms with Crippen LogP contribution >= 0.6 is 18.8 Å². The summed E-state index contributed by atoms with van der Waals surface area (Å²) in [6.45, 7) is 0. The molecule has 0 aliphatic rings. The van der Waals surface area contributed by atoms with Crippen molar-refractivity contribution in [3.8, 4) is 0 Å². The Balaban J connectivity index is 2.94. The second-order valence-electron chi connectivity index (χ2n) is 2.38. The molecule has 0 amide bonds. The Hall–Kier alpha value is 0.330. The number of para-hydroxylation sites is 2. The van der Waals surface area contributed by atoms with Crippen LogP contribution in [0.4, 0.5) is 11.4 Å². The van der Waals surface area contributed by atoms with Crippen LogP contribution in [-0.4, -0.2) is 4.93 Å². The molecule has 0 fully saturated rings. The first-order valence-corrected chi connectivity index (χ1v) is 7.76. The van der Waals surface area contributed by atoms with E-state index in [-0.39, 0.29) is 0 Å². The summed E-state index contributed by atoms with van der Waals surface area (Å²) in [7, 11) is 4.94. The molecule has 1 aromatic carbocycles. The van der Waals surface area contributed by atoms with Crippen molar-refractivity contribution in [2.24, 2.45) is 0 Å². The van der Waals surface area contributed by atoms with Crippen molar-refractivity contribution in [2.45, 2.75) is 0 Å². The molecule has 80 valence electrons. The number of benzene rings is 1. The topological polar surface area (TPSA) is 38.8 Å². The molecule has 0 aliphatic heterocycles. The van der Waals surface area contributed by atoms with Crippen LogP contribution in [0, 0.1) is 5.21 Å². The van der Waals surface area contributed by atoms with E-state index < -0.39 is 21.6 Å². The van der Waals surface area contributed by atoms with Gasteiger partial charge in [-0.05, 0) is 0 Å². The zero-order valence-electron chi connectivity index (χ0n) is 7.55. The Morgan fingerprint density at radius 3 is 2.36 bits per heavy atom. The second-order valence-corrected chi connectivity index (χ2v) is 5.36. The van der Waals surface area contributed by atoms with Gasteiger partial charge in [-0.3, -0.25) is 0 Å². The third kappa shape index (κ3) is 3.17. The maximum absolute atomic E-state index is 11.4. The number of alkyl halides is 1. The first-order chi connectivity index (χ1) is 6.66. The van der Waals surface area contributed by atoms with Gasteiger partial charge in [-0.2, -0.15) is 0 Å². The summed E-state index contributed by atoms with van der Waals surface area (Å²) in [6.07, 6.45) is 0. The van der Waals surface area contributed by atoms with Gasteiger partial charge in [-0.1, -0.05) is 0 Å². The quantitative estimate of drug-likeness (QED) is 0.302. The van der Waals surface area contributed by atoms with E-state index in [1.165, 1.54) is 0 Å². The predicted octanol–water partition coefficient (Wildman–Crippen LogP) is -1.06. The Kier molecular flexibility index (Phi) is 5.34. The molecule has 0 spiro atoms. The van der Waals surface area contributed by atoms with Crippen LogP contribution in [-0.2, 0) is 3.17 Å². The molecule has 2 unspecified atom stereocenters. The molecule has 0 bridgehead atoms. The molecule has 0 aliphatic carbocycles. The SMILES string of the molecule is C[I-]ON([O-])c1ccccc1N(P)P. The minimum absolute atomic E-state index is 0.510. The molecule has 0 saturated carbocycles. The van der Waals surface area contributed by atoms with Crippen LogP contribution in [0.25, 0.3) is 0 Å². The van der Waals surface area contributed by atoms with Gasteiger partial charge < -0.3 is 0 Å². The Morgan fingerprint density at radius 2 is 1.86 bits per heavy atom. The van der Waals surface area contributed by atoms with Gasteiger partial charge in [0.15, 0.2) is 0 Å². The van der Waals surface area contributed by atoms with Crippen molar-refractivity contribution in [1.82, 2.24) is 0 Å². The average Bonchev–Trinajstić information content (AvgIpc) is 2.18. The fraction of sp³-hybridized carbons (Fsp3) is 0.143.